The van der Waals surface area contributed by atoms with E-state index in [0.717, 1.165) is 30.5 Å². The topological polar surface area (TPSA) is 87.2 Å². The smallest absolute Gasteiger partial charge is 0.329 e. The number of hydrogen-bond acceptors (Lipinski definition) is 4. The summed E-state index contributed by atoms with van der Waals surface area (Å²) in [7, 11) is 0. The maximum absolute atomic E-state index is 12.5. The number of likely N-dealkylation sites (tertiary alicyclic amines) is 1. The second-order valence-electron chi connectivity index (χ2n) is 7.27. The molecule has 1 aliphatic heterocycles. The van der Waals surface area contributed by atoms with Crippen LogP contribution in [0.25, 0.3) is 10.9 Å². The van der Waals surface area contributed by atoms with Crippen molar-refractivity contribution >= 4 is 16.8 Å². The number of para-hydroxylation sites is 1. The third-order valence-electron chi connectivity index (χ3n) is 5.06. The molecular weight excluding hydrogens is 332 g/mol. The Balaban J connectivity index is 1.65. The number of aromatic nitrogens is 2. The van der Waals surface area contributed by atoms with E-state index in [9.17, 15) is 14.4 Å². The molecule has 3 rings (SSSR count). The van der Waals surface area contributed by atoms with E-state index in [1.165, 1.54) is 0 Å². The van der Waals surface area contributed by atoms with Crippen LogP contribution >= 0.6 is 0 Å². The van der Waals surface area contributed by atoms with Gasteiger partial charge in [0.15, 0.2) is 0 Å². The SMILES string of the molecule is CC(C)N1CCCC(CNC(=O)Cn2c(=O)[nH]c3ccccc3c2=O)C1. The van der Waals surface area contributed by atoms with E-state index in [2.05, 4.69) is 29.0 Å². The van der Waals surface area contributed by atoms with Gasteiger partial charge in [0.1, 0.15) is 6.54 Å². The van der Waals surface area contributed by atoms with Gasteiger partial charge in [0.2, 0.25) is 5.91 Å². The van der Waals surface area contributed by atoms with Gasteiger partial charge in [-0.15, -0.1) is 0 Å². The van der Waals surface area contributed by atoms with Crippen molar-refractivity contribution in [3.8, 4) is 0 Å². The van der Waals surface area contributed by atoms with Crippen molar-refractivity contribution in [1.29, 1.82) is 0 Å². The van der Waals surface area contributed by atoms with Crippen molar-refractivity contribution in [3.05, 3.63) is 45.1 Å². The van der Waals surface area contributed by atoms with Gasteiger partial charge in [-0.25, -0.2) is 4.79 Å². The number of carbonyl (C=O) groups excluding carboxylic acids is 1. The predicted molar refractivity (Wildman–Crippen MR) is 101 cm³/mol. The number of amides is 1. The van der Waals surface area contributed by atoms with Crippen LogP contribution in [0.3, 0.4) is 0 Å². The Morgan fingerprint density at radius 3 is 2.85 bits per heavy atom. The average Bonchev–Trinajstić information content (AvgIpc) is 2.63. The number of benzene rings is 1. The van der Waals surface area contributed by atoms with Crippen molar-refractivity contribution < 1.29 is 4.79 Å². The zero-order valence-electron chi connectivity index (χ0n) is 15.3. The van der Waals surface area contributed by atoms with Crippen LogP contribution in [0.15, 0.2) is 33.9 Å². The Labute approximate surface area is 152 Å². The number of H-pyrrole nitrogens is 1. The second-order valence-corrected chi connectivity index (χ2v) is 7.27. The van der Waals surface area contributed by atoms with E-state index < -0.39 is 11.2 Å². The number of piperidine rings is 1. The molecule has 7 nitrogen and oxygen atoms in total. The first-order chi connectivity index (χ1) is 12.5. The summed E-state index contributed by atoms with van der Waals surface area (Å²) in [6.45, 7) is 6.74. The van der Waals surface area contributed by atoms with Gasteiger partial charge in [0, 0.05) is 19.1 Å². The average molecular weight is 358 g/mol. The molecule has 1 aromatic heterocycles. The van der Waals surface area contributed by atoms with Gasteiger partial charge in [0.25, 0.3) is 5.56 Å². The van der Waals surface area contributed by atoms with Gasteiger partial charge in [-0.3, -0.25) is 14.2 Å². The van der Waals surface area contributed by atoms with Crippen LogP contribution in [0.2, 0.25) is 0 Å². The quantitative estimate of drug-likeness (QED) is 0.832. The van der Waals surface area contributed by atoms with E-state index in [1.54, 1.807) is 24.3 Å². The molecule has 0 bridgehead atoms. The van der Waals surface area contributed by atoms with Crippen LogP contribution < -0.4 is 16.6 Å². The lowest BCUT2D eigenvalue weighted by Gasteiger charge is -2.35. The highest BCUT2D eigenvalue weighted by atomic mass is 16.2. The van der Waals surface area contributed by atoms with E-state index in [1.807, 2.05) is 0 Å². The Morgan fingerprint density at radius 2 is 2.08 bits per heavy atom. The van der Waals surface area contributed by atoms with E-state index >= 15 is 0 Å². The summed E-state index contributed by atoms with van der Waals surface area (Å²) >= 11 is 0. The number of nitrogens with zero attached hydrogens (tertiary/aromatic N) is 2. The van der Waals surface area contributed by atoms with Gasteiger partial charge in [-0.1, -0.05) is 12.1 Å². The van der Waals surface area contributed by atoms with E-state index in [0.29, 0.717) is 29.4 Å². The molecular formula is C19H26N4O3. The molecule has 2 aromatic rings. The van der Waals surface area contributed by atoms with Gasteiger partial charge >= 0.3 is 5.69 Å². The molecule has 1 amide bonds. The molecule has 1 saturated heterocycles. The van der Waals surface area contributed by atoms with Crippen molar-refractivity contribution in [1.82, 2.24) is 19.8 Å². The van der Waals surface area contributed by atoms with Crippen LogP contribution in [-0.4, -0.2) is 46.0 Å². The third kappa shape index (κ3) is 4.04. The fourth-order valence-corrected chi connectivity index (χ4v) is 3.53. The van der Waals surface area contributed by atoms with Crippen LogP contribution in [-0.2, 0) is 11.3 Å². The number of aromatic amines is 1. The first kappa shape index (κ1) is 18.4. The largest absolute Gasteiger partial charge is 0.354 e. The molecule has 26 heavy (non-hydrogen) atoms. The van der Waals surface area contributed by atoms with Gasteiger partial charge in [-0.05, 0) is 51.3 Å². The van der Waals surface area contributed by atoms with Crippen molar-refractivity contribution in [2.75, 3.05) is 19.6 Å². The van der Waals surface area contributed by atoms with Gasteiger partial charge < -0.3 is 15.2 Å². The molecule has 0 saturated carbocycles. The molecule has 140 valence electrons. The molecule has 0 spiro atoms. The lowest BCUT2D eigenvalue weighted by atomic mass is 9.97. The van der Waals surface area contributed by atoms with Crippen LogP contribution in [0.4, 0.5) is 0 Å². The molecule has 1 atom stereocenters. The monoisotopic (exact) mass is 358 g/mol. The summed E-state index contributed by atoms with van der Waals surface area (Å²) in [5, 5.41) is 3.29. The van der Waals surface area contributed by atoms with Crippen molar-refractivity contribution in [3.63, 3.8) is 0 Å². The van der Waals surface area contributed by atoms with Gasteiger partial charge in [0.05, 0.1) is 10.9 Å². The maximum atomic E-state index is 12.5. The lowest BCUT2D eigenvalue weighted by Crippen LogP contribution is -2.45. The minimum absolute atomic E-state index is 0.264. The maximum Gasteiger partial charge on any atom is 0.329 e. The number of fused-ring (bicyclic) bond motifs is 1. The normalized spacial score (nSPS) is 18.3. The summed E-state index contributed by atoms with van der Waals surface area (Å²) in [5.41, 5.74) is -0.522. The molecule has 2 heterocycles. The molecule has 1 aromatic carbocycles. The molecule has 1 fully saturated rings. The number of carbonyl (C=O) groups is 1. The fraction of sp³-hybridized carbons (Fsp3) is 0.526. The second kappa shape index (κ2) is 7.86. The number of hydrogen-bond donors (Lipinski definition) is 2. The first-order valence-electron chi connectivity index (χ1n) is 9.18. The molecule has 0 aliphatic carbocycles. The Kier molecular flexibility index (Phi) is 5.56. The minimum atomic E-state index is -0.563. The van der Waals surface area contributed by atoms with E-state index in [-0.39, 0.29) is 12.5 Å². The zero-order chi connectivity index (χ0) is 18.7. The van der Waals surface area contributed by atoms with Crippen LogP contribution in [0.1, 0.15) is 26.7 Å². The third-order valence-corrected chi connectivity index (χ3v) is 5.06. The fourth-order valence-electron chi connectivity index (χ4n) is 3.53. The van der Waals surface area contributed by atoms with Crippen LogP contribution in [0, 0.1) is 5.92 Å². The highest BCUT2D eigenvalue weighted by Gasteiger charge is 2.22. The highest BCUT2D eigenvalue weighted by Crippen LogP contribution is 2.17. The predicted octanol–water partition coefficient (Wildman–Crippen LogP) is 0.926. The molecule has 2 N–H and O–H groups in total. The number of rotatable bonds is 5. The van der Waals surface area contributed by atoms with Crippen molar-refractivity contribution in [2.45, 2.75) is 39.3 Å². The summed E-state index contributed by atoms with van der Waals surface area (Å²) in [6.07, 6.45) is 2.21. The molecule has 1 aliphatic rings. The molecule has 0 radical (unpaired) electrons. The minimum Gasteiger partial charge on any atom is -0.354 e. The zero-order valence-corrected chi connectivity index (χ0v) is 15.3. The van der Waals surface area contributed by atoms with Gasteiger partial charge in [-0.2, -0.15) is 0 Å². The standard InChI is InChI=1S/C19H26N4O3/c1-13(2)22-9-5-6-14(11-22)10-20-17(24)12-23-18(25)15-7-3-4-8-16(15)21-19(23)26/h3-4,7-8,13-14H,5-6,9-12H2,1-2H3,(H,20,24)(H,21,26). The lowest BCUT2D eigenvalue weighted by molar-refractivity contribution is -0.122. The first-order valence-corrected chi connectivity index (χ1v) is 9.18. The molecule has 1 unspecified atom stereocenters. The summed E-state index contributed by atoms with van der Waals surface area (Å²) in [6, 6.07) is 7.30. The Morgan fingerprint density at radius 1 is 1.31 bits per heavy atom. The van der Waals surface area contributed by atoms with Crippen LogP contribution in [0.5, 0.6) is 0 Å². The number of nitrogens with one attached hydrogen (secondary N) is 2. The van der Waals surface area contributed by atoms with E-state index in [4.69, 9.17) is 0 Å². The highest BCUT2D eigenvalue weighted by molar-refractivity contribution is 5.78. The molecule has 7 heteroatoms. The summed E-state index contributed by atoms with van der Waals surface area (Å²) in [5.74, 6) is 0.0938. The van der Waals surface area contributed by atoms with Crippen molar-refractivity contribution in [2.24, 2.45) is 5.92 Å². The summed E-state index contributed by atoms with van der Waals surface area (Å²) in [4.78, 5) is 41.9. The summed E-state index contributed by atoms with van der Waals surface area (Å²) < 4.78 is 0.957. The Bertz CT molecular complexity index is 900. The Hall–Kier alpha value is -2.41.